The molecule has 0 radical (unpaired) electrons. The second kappa shape index (κ2) is 9.59. The molecular formula is C25H27N3O3S2. The average Bonchev–Trinajstić information content (AvgIpc) is 3.15. The molecule has 0 fully saturated rings. The molecule has 3 aromatic carbocycles. The minimum absolute atomic E-state index is 0.191. The van der Waals surface area contributed by atoms with Gasteiger partial charge in [0.15, 0.2) is 4.80 Å². The quantitative estimate of drug-likeness (QED) is 0.375. The van der Waals surface area contributed by atoms with E-state index >= 15 is 0 Å². The number of unbranched alkanes of at least 4 members (excludes halogenated alkanes) is 1. The summed E-state index contributed by atoms with van der Waals surface area (Å²) >= 11 is 1.46. The maximum Gasteiger partial charge on any atom is 0.279 e. The van der Waals surface area contributed by atoms with E-state index in [9.17, 15) is 13.2 Å². The minimum Gasteiger partial charge on any atom is -0.319 e. The maximum absolute atomic E-state index is 12.9. The van der Waals surface area contributed by atoms with E-state index in [2.05, 4.69) is 23.2 Å². The van der Waals surface area contributed by atoms with Crippen molar-refractivity contribution in [1.82, 2.24) is 8.87 Å². The number of nitrogens with zero attached hydrogens (tertiary/aromatic N) is 3. The number of thiazole rings is 1. The highest BCUT2D eigenvalue weighted by Crippen LogP contribution is 2.26. The first-order chi connectivity index (χ1) is 15.9. The summed E-state index contributed by atoms with van der Waals surface area (Å²) in [5.74, 6) is -0.399. The summed E-state index contributed by atoms with van der Waals surface area (Å²) in [5.41, 5.74) is 1.39. The van der Waals surface area contributed by atoms with Crippen LogP contribution in [0.5, 0.6) is 0 Å². The highest BCUT2D eigenvalue weighted by molar-refractivity contribution is 7.89. The van der Waals surface area contributed by atoms with E-state index in [4.69, 9.17) is 0 Å². The van der Waals surface area contributed by atoms with E-state index < -0.39 is 15.9 Å². The van der Waals surface area contributed by atoms with Gasteiger partial charge in [0.2, 0.25) is 10.0 Å². The Morgan fingerprint density at radius 3 is 2.45 bits per heavy atom. The van der Waals surface area contributed by atoms with E-state index in [0.29, 0.717) is 23.5 Å². The van der Waals surface area contributed by atoms with Crippen molar-refractivity contribution in [3.63, 3.8) is 0 Å². The van der Waals surface area contributed by atoms with Gasteiger partial charge in [-0.05, 0) is 42.1 Å². The lowest BCUT2D eigenvalue weighted by Gasteiger charge is -2.20. The van der Waals surface area contributed by atoms with Crippen LogP contribution in [0.4, 0.5) is 0 Å². The molecule has 0 saturated heterocycles. The molecule has 1 heterocycles. The summed E-state index contributed by atoms with van der Waals surface area (Å²) in [6.45, 7) is 4.76. The second-order valence-electron chi connectivity index (χ2n) is 7.87. The topological polar surface area (TPSA) is 71.7 Å². The number of carbonyl (C=O) groups excluding carboxylic acids is 1. The predicted molar refractivity (Wildman–Crippen MR) is 134 cm³/mol. The summed E-state index contributed by atoms with van der Waals surface area (Å²) < 4.78 is 30.3. The van der Waals surface area contributed by atoms with Crippen LogP contribution in [0.3, 0.4) is 0 Å². The smallest absolute Gasteiger partial charge is 0.279 e. The molecule has 0 aliphatic rings. The number of sulfonamides is 1. The van der Waals surface area contributed by atoms with Crippen molar-refractivity contribution in [1.29, 1.82) is 0 Å². The number of benzene rings is 3. The van der Waals surface area contributed by atoms with E-state index in [1.807, 2.05) is 43.7 Å². The van der Waals surface area contributed by atoms with Crippen LogP contribution in [-0.4, -0.2) is 36.3 Å². The molecule has 1 aromatic heterocycles. The number of amides is 1. The van der Waals surface area contributed by atoms with Crippen molar-refractivity contribution in [3.05, 3.63) is 71.0 Å². The first-order valence-corrected chi connectivity index (χ1v) is 13.3. The van der Waals surface area contributed by atoms with Gasteiger partial charge >= 0.3 is 0 Å². The van der Waals surface area contributed by atoms with Crippen LogP contribution in [0.2, 0.25) is 0 Å². The van der Waals surface area contributed by atoms with Crippen LogP contribution in [0.15, 0.2) is 70.6 Å². The van der Waals surface area contributed by atoms with Gasteiger partial charge in [-0.25, -0.2) is 8.42 Å². The Morgan fingerprint density at radius 2 is 1.76 bits per heavy atom. The largest absolute Gasteiger partial charge is 0.319 e. The predicted octanol–water partition coefficient (Wildman–Crippen LogP) is 4.94. The molecule has 0 spiro atoms. The summed E-state index contributed by atoms with van der Waals surface area (Å²) in [6, 6.07) is 18.3. The van der Waals surface area contributed by atoms with Gasteiger partial charge in [-0.2, -0.15) is 9.30 Å². The standard InChI is InChI=1S/C25H27N3O3S2/c1-4-6-17-28(5-2)33(30,31)20-14-11-19(12-15-20)24(29)26-25-27(3)23-21-10-8-7-9-18(21)13-16-22(23)32-25/h7-16H,4-6,17H2,1-3H3. The third-order valence-electron chi connectivity index (χ3n) is 5.74. The van der Waals surface area contributed by atoms with Gasteiger partial charge in [-0.15, -0.1) is 0 Å². The summed E-state index contributed by atoms with van der Waals surface area (Å²) in [4.78, 5) is 18.0. The molecule has 33 heavy (non-hydrogen) atoms. The zero-order chi connectivity index (χ0) is 23.6. The Hall–Kier alpha value is -2.81. The Labute approximate surface area is 197 Å². The van der Waals surface area contributed by atoms with E-state index in [1.165, 1.54) is 39.9 Å². The normalized spacial score (nSPS) is 12.8. The highest BCUT2D eigenvalue weighted by Gasteiger charge is 2.22. The van der Waals surface area contributed by atoms with Crippen LogP contribution >= 0.6 is 11.3 Å². The molecule has 8 heteroatoms. The molecule has 6 nitrogen and oxygen atoms in total. The zero-order valence-corrected chi connectivity index (χ0v) is 20.6. The lowest BCUT2D eigenvalue weighted by molar-refractivity contribution is 0.0998. The third-order valence-corrected chi connectivity index (χ3v) is 8.82. The number of hydrogen-bond donors (Lipinski definition) is 0. The van der Waals surface area contributed by atoms with Crippen LogP contribution < -0.4 is 4.80 Å². The average molecular weight is 482 g/mol. The molecule has 4 rings (SSSR count). The van der Waals surface area contributed by atoms with Gasteiger partial charge in [0.05, 0.1) is 15.1 Å². The number of fused-ring (bicyclic) bond motifs is 3. The monoisotopic (exact) mass is 481 g/mol. The number of aromatic nitrogens is 1. The van der Waals surface area contributed by atoms with Crippen LogP contribution in [0, 0.1) is 0 Å². The van der Waals surface area contributed by atoms with Crippen molar-refractivity contribution in [2.45, 2.75) is 31.6 Å². The molecule has 0 unspecified atom stereocenters. The van der Waals surface area contributed by atoms with Crippen LogP contribution in [-0.2, 0) is 17.1 Å². The molecule has 4 aromatic rings. The fraction of sp³-hybridized carbons (Fsp3) is 0.280. The molecule has 0 atom stereocenters. The van der Waals surface area contributed by atoms with Crippen LogP contribution in [0.25, 0.3) is 21.0 Å². The fourth-order valence-electron chi connectivity index (χ4n) is 3.88. The van der Waals surface area contributed by atoms with E-state index in [1.54, 1.807) is 0 Å². The highest BCUT2D eigenvalue weighted by atomic mass is 32.2. The lowest BCUT2D eigenvalue weighted by Crippen LogP contribution is -2.31. The first-order valence-electron chi connectivity index (χ1n) is 11.0. The van der Waals surface area contributed by atoms with E-state index in [-0.39, 0.29) is 4.90 Å². The molecular weight excluding hydrogens is 454 g/mol. The minimum atomic E-state index is -3.58. The van der Waals surface area contributed by atoms with Crippen molar-refractivity contribution < 1.29 is 13.2 Å². The maximum atomic E-state index is 12.9. The van der Waals surface area contributed by atoms with Crippen molar-refractivity contribution in [3.8, 4) is 0 Å². The Morgan fingerprint density at radius 1 is 1.03 bits per heavy atom. The van der Waals surface area contributed by atoms with Crippen molar-refractivity contribution >= 4 is 48.3 Å². The Kier molecular flexibility index (Phi) is 6.78. The van der Waals surface area contributed by atoms with Gasteiger partial charge in [-0.1, -0.05) is 61.9 Å². The molecule has 1 amide bonds. The molecule has 0 saturated carbocycles. The van der Waals surface area contributed by atoms with Crippen molar-refractivity contribution in [2.75, 3.05) is 13.1 Å². The Balaban J connectivity index is 1.66. The molecule has 0 bridgehead atoms. The third kappa shape index (κ3) is 4.51. The number of carbonyl (C=O) groups is 1. The SMILES string of the molecule is CCCCN(CC)S(=O)(=O)c1ccc(C(=O)N=c2sc3ccc4ccccc4c3n2C)cc1. The summed E-state index contributed by atoms with van der Waals surface area (Å²) in [5, 5.41) is 2.24. The lowest BCUT2D eigenvalue weighted by atomic mass is 10.1. The zero-order valence-electron chi connectivity index (χ0n) is 19.0. The number of aryl methyl sites for hydroxylation is 1. The Bertz CT molecular complexity index is 1480. The number of hydrogen-bond acceptors (Lipinski definition) is 4. The van der Waals surface area contributed by atoms with Gasteiger partial charge in [0.25, 0.3) is 5.91 Å². The molecule has 0 aliphatic carbocycles. The summed E-state index contributed by atoms with van der Waals surface area (Å²) in [7, 11) is -1.67. The second-order valence-corrected chi connectivity index (χ2v) is 10.8. The van der Waals surface area contributed by atoms with Gasteiger partial charge in [0, 0.05) is 31.1 Å². The number of rotatable bonds is 7. The molecule has 0 aliphatic heterocycles. The van der Waals surface area contributed by atoms with E-state index in [0.717, 1.165) is 33.8 Å². The summed E-state index contributed by atoms with van der Waals surface area (Å²) in [6.07, 6.45) is 1.73. The van der Waals surface area contributed by atoms with Gasteiger partial charge < -0.3 is 4.57 Å². The first kappa shape index (κ1) is 23.4. The molecule has 172 valence electrons. The van der Waals surface area contributed by atoms with Gasteiger partial charge in [-0.3, -0.25) is 4.79 Å². The molecule has 0 N–H and O–H groups in total. The fourth-order valence-corrected chi connectivity index (χ4v) is 6.40. The van der Waals surface area contributed by atoms with Crippen LogP contribution in [0.1, 0.15) is 37.0 Å². The van der Waals surface area contributed by atoms with Crippen molar-refractivity contribution in [2.24, 2.45) is 12.0 Å². The van der Waals surface area contributed by atoms with Gasteiger partial charge in [0.1, 0.15) is 0 Å².